The average Bonchev–Trinajstić information content (AvgIpc) is 2.72. The lowest BCUT2D eigenvalue weighted by atomic mass is 9.94. The molecular weight excluding hydrogens is 241 g/mol. The first kappa shape index (κ1) is 12.3. The Morgan fingerprint density at radius 2 is 2.28 bits per heavy atom. The molecule has 1 aromatic carbocycles. The van der Waals surface area contributed by atoms with Gasteiger partial charge in [-0.1, -0.05) is 6.07 Å². The number of carboxylic acids is 1. The fourth-order valence-corrected chi connectivity index (χ4v) is 2.07. The molecule has 0 aromatic heterocycles. The van der Waals surface area contributed by atoms with Crippen LogP contribution in [0.1, 0.15) is 18.0 Å². The fraction of sp³-hybridized carbons (Fsp3) is 0.333. The molecule has 2 rings (SSSR count). The second kappa shape index (κ2) is 4.64. The fourth-order valence-electron chi connectivity index (χ4n) is 2.07. The van der Waals surface area contributed by atoms with Gasteiger partial charge in [0.15, 0.2) is 11.6 Å². The minimum Gasteiger partial charge on any atom is -0.494 e. The molecule has 1 saturated heterocycles. The Kier molecular flexibility index (Phi) is 3.18. The van der Waals surface area contributed by atoms with Gasteiger partial charge in [-0.3, -0.25) is 9.59 Å². The summed E-state index contributed by atoms with van der Waals surface area (Å²) in [6, 6.07) is 3.40. The molecule has 0 bridgehead atoms. The van der Waals surface area contributed by atoms with Gasteiger partial charge >= 0.3 is 5.97 Å². The maximum absolute atomic E-state index is 13.3. The second-order valence-electron chi connectivity index (χ2n) is 4.09. The molecule has 1 heterocycles. The van der Waals surface area contributed by atoms with Crippen LogP contribution in [-0.4, -0.2) is 24.1 Å². The number of nitrogens with one attached hydrogen (secondary N) is 1. The Balaban J connectivity index is 2.35. The van der Waals surface area contributed by atoms with Gasteiger partial charge < -0.3 is 15.2 Å². The quantitative estimate of drug-likeness (QED) is 0.845. The minimum absolute atomic E-state index is 0.0257. The Morgan fingerprint density at radius 3 is 2.89 bits per heavy atom. The predicted octanol–water partition coefficient (Wildman–Crippen LogP) is 1.10. The van der Waals surface area contributed by atoms with Crippen LogP contribution < -0.4 is 10.1 Å². The van der Waals surface area contributed by atoms with Crippen molar-refractivity contribution < 1.29 is 23.8 Å². The summed E-state index contributed by atoms with van der Waals surface area (Å²) < 4.78 is 18.1. The summed E-state index contributed by atoms with van der Waals surface area (Å²) in [6.45, 7) is 0. The number of carboxylic acid groups (broad SMARTS) is 1. The number of carbonyl (C=O) groups excluding carboxylic acids is 1. The molecule has 0 aliphatic carbocycles. The van der Waals surface area contributed by atoms with Crippen LogP contribution in [0.5, 0.6) is 5.75 Å². The molecule has 5 nitrogen and oxygen atoms in total. The molecule has 1 aromatic rings. The summed E-state index contributed by atoms with van der Waals surface area (Å²) in [7, 11) is 1.32. The second-order valence-corrected chi connectivity index (χ2v) is 4.09. The number of benzene rings is 1. The van der Waals surface area contributed by atoms with Crippen LogP contribution in [0.25, 0.3) is 0 Å². The van der Waals surface area contributed by atoms with Crippen LogP contribution in [0, 0.1) is 11.7 Å². The van der Waals surface area contributed by atoms with Crippen LogP contribution in [0.15, 0.2) is 18.2 Å². The van der Waals surface area contributed by atoms with Crippen LogP contribution >= 0.6 is 0 Å². The van der Waals surface area contributed by atoms with E-state index in [0.717, 1.165) is 0 Å². The van der Waals surface area contributed by atoms with Crippen molar-refractivity contribution in [3.8, 4) is 5.75 Å². The van der Waals surface area contributed by atoms with Gasteiger partial charge in [0.05, 0.1) is 19.1 Å². The van der Waals surface area contributed by atoms with Crippen molar-refractivity contribution in [2.75, 3.05) is 7.11 Å². The number of hydrogen-bond acceptors (Lipinski definition) is 3. The third-order valence-electron chi connectivity index (χ3n) is 2.98. The zero-order valence-corrected chi connectivity index (χ0v) is 9.64. The third kappa shape index (κ3) is 2.13. The average molecular weight is 253 g/mol. The molecule has 2 N–H and O–H groups in total. The van der Waals surface area contributed by atoms with E-state index in [2.05, 4.69) is 5.32 Å². The van der Waals surface area contributed by atoms with Crippen molar-refractivity contribution in [1.29, 1.82) is 0 Å². The van der Waals surface area contributed by atoms with E-state index in [1.54, 1.807) is 0 Å². The normalized spacial score (nSPS) is 22.7. The zero-order chi connectivity index (χ0) is 13.3. The Labute approximate surface area is 103 Å². The highest BCUT2D eigenvalue weighted by molar-refractivity contribution is 5.87. The highest BCUT2D eigenvalue weighted by Gasteiger charge is 2.38. The SMILES string of the molecule is COc1cc([C@H]2NC(=O)C[C@@H]2C(=O)O)ccc1F. The van der Waals surface area contributed by atoms with E-state index in [4.69, 9.17) is 9.84 Å². The van der Waals surface area contributed by atoms with E-state index >= 15 is 0 Å². The molecule has 1 aliphatic heterocycles. The lowest BCUT2D eigenvalue weighted by molar-refractivity contribution is -0.142. The molecule has 0 unspecified atom stereocenters. The van der Waals surface area contributed by atoms with E-state index in [1.165, 1.54) is 25.3 Å². The first-order valence-corrected chi connectivity index (χ1v) is 5.38. The summed E-state index contributed by atoms with van der Waals surface area (Å²) in [4.78, 5) is 22.3. The van der Waals surface area contributed by atoms with Gasteiger partial charge in [0, 0.05) is 6.42 Å². The number of aliphatic carboxylic acids is 1. The molecule has 6 heteroatoms. The zero-order valence-electron chi connectivity index (χ0n) is 9.64. The maximum atomic E-state index is 13.3. The highest BCUT2D eigenvalue weighted by atomic mass is 19.1. The molecule has 0 spiro atoms. The number of rotatable bonds is 3. The standard InChI is InChI=1S/C12H12FNO4/c1-18-9-4-6(2-3-8(9)13)11-7(12(16)17)5-10(15)14-11/h2-4,7,11H,5H2,1H3,(H,14,15)(H,16,17)/t7-,11+/m0/s1. The summed E-state index contributed by atoms with van der Waals surface area (Å²) in [5.41, 5.74) is 0.520. The van der Waals surface area contributed by atoms with Crippen molar-refractivity contribution >= 4 is 11.9 Å². The summed E-state index contributed by atoms with van der Waals surface area (Å²) in [5.74, 6) is -2.72. The smallest absolute Gasteiger partial charge is 0.309 e. The first-order chi connectivity index (χ1) is 8.52. The number of ether oxygens (including phenoxy) is 1. The van der Waals surface area contributed by atoms with Crippen LogP contribution in [0.2, 0.25) is 0 Å². The Morgan fingerprint density at radius 1 is 1.56 bits per heavy atom. The maximum Gasteiger partial charge on any atom is 0.309 e. The van der Waals surface area contributed by atoms with Gasteiger partial charge in [0.1, 0.15) is 0 Å². The molecule has 0 radical (unpaired) electrons. The topological polar surface area (TPSA) is 75.6 Å². The van der Waals surface area contributed by atoms with E-state index < -0.39 is 23.7 Å². The van der Waals surface area contributed by atoms with Crippen LogP contribution in [-0.2, 0) is 9.59 Å². The Bertz CT molecular complexity index is 503. The van der Waals surface area contributed by atoms with Gasteiger partial charge in [-0.05, 0) is 17.7 Å². The van der Waals surface area contributed by atoms with Crippen molar-refractivity contribution in [1.82, 2.24) is 5.32 Å². The van der Waals surface area contributed by atoms with Gasteiger partial charge in [0.25, 0.3) is 0 Å². The Hall–Kier alpha value is -2.11. The van der Waals surface area contributed by atoms with E-state index in [9.17, 15) is 14.0 Å². The van der Waals surface area contributed by atoms with Crippen LogP contribution in [0.3, 0.4) is 0 Å². The molecule has 1 amide bonds. The van der Waals surface area contributed by atoms with E-state index in [-0.39, 0.29) is 18.1 Å². The van der Waals surface area contributed by atoms with Crippen LogP contribution in [0.4, 0.5) is 4.39 Å². The molecular formula is C12H12FNO4. The van der Waals surface area contributed by atoms with E-state index in [1.807, 2.05) is 0 Å². The summed E-state index contributed by atoms with van der Waals surface area (Å²) in [5, 5.41) is 11.6. The lowest BCUT2D eigenvalue weighted by Crippen LogP contribution is -2.24. The van der Waals surface area contributed by atoms with Crippen molar-refractivity contribution in [2.45, 2.75) is 12.5 Å². The number of halogens is 1. The minimum atomic E-state index is -1.05. The molecule has 0 saturated carbocycles. The van der Waals surface area contributed by atoms with Gasteiger partial charge in [-0.15, -0.1) is 0 Å². The summed E-state index contributed by atoms with van der Waals surface area (Å²) >= 11 is 0. The molecule has 96 valence electrons. The number of hydrogen-bond donors (Lipinski definition) is 2. The predicted molar refractivity (Wildman–Crippen MR) is 59.6 cm³/mol. The third-order valence-corrected chi connectivity index (χ3v) is 2.98. The number of methoxy groups -OCH3 is 1. The highest BCUT2D eigenvalue weighted by Crippen LogP contribution is 2.32. The number of amides is 1. The van der Waals surface area contributed by atoms with Crippen molar-refractivity contribution in [3.63, 3.8) is 0 Å². The lowest BCUT2D eigenvalue weighted by Gasteiger charge is -2.16. The van der Waals surface area contributed by atoms with Crippen molar-refractivity contribution in [3.05, 3.63) is 29.6 Å². The monoisotopic (exact) mass is 253 g/mol. The van der Waals surface area contributed by atoms with Gasteiger partial charge in [0.2, 0.25) is 5.91 Å². The van der Waals surface area contributed by atoms with Gasteiger partial charge in [-0.25, -0.2) is 4.39 Å². The number of carbonyl (C=O) groups is 2. The first-order valence-electron chi connectivity index (χ1n) is 5.38. The largest absolute Gasteiger partial charge is 0.494 e. The molecule has 1 aliphatic rings. The van der Waals surface area contributed by atoms with Crippen molar-refractivity contribution in [2.24, 2.45) is 5.92 Å². The molecule has 1 fully saturated rings. The van der Waals surface area contributed by atoms with Gasteiger partial charge in [-0.2, -0.15) is 0 Å². The molecule has 2 atom stereocenters. The molecule has 18 heavy (non-hydrogen) atoms. The summed E-state index contributed by atoms with van der Waals surface area (Å²) in [6.07, 6.45) is -0.0698. The van der Waals surface area contributed by atoms with E-state index in [0.29, 0.717) is 5.56 Å².